The number of hydrogen-bond acceptors (Lipinski definition) is 3. The number of carbonyl (C=O) groups is 2. The fourth-order valence-corrected chi connectivity index (χ4v) is 2.63. The van der Waals surface area contributed by atoms with Crippen molar-refractivity contribution >= 4 is 45.2 Å². The van der Waals surface area contributed by atoms with Crippen LogP contribution in [0.15, 0.2) is 22.8 Å². The van der Waals surface area contributed by atoms with E-state index in [2.05, 4.69) is 26.2 Å². The molecule has 0 radical (unpaired) electrons. The van der Waals surface area contributed by atoms with E-state index in [9.17, 15) is 14.7 Å². The minimum atomic E-state index is -1.08. The predicted molar refractivity (Wildman–Crippen MR) is 86.4 cm³/mol. The van der Waals surface area contributed by atoms with E-state index in [0.29, 0.717) is 26.6 Å². The molecule has 22 heavy (non-hydrogen) atoms. The third-order valence-electron chi connectivity index (χ3n) is 3.18. The minimum absolute atomic E-state index is 0.0867. The molecule has 2 heterocycles. The monoisotopic (exact) mass is 385 g/mol. The number of nitrogens with one attached hydrogen (secondary N) is 1. The molecule has 8 heteroatoms. The van der Waals surface area contributed by atoms with Crippen LogP contribution in [0.25, 0.3) is 0 Å². The maximum atomic E-state index is 12.1. The summed E-state index contributed by atoms with van der Waals surface area (Å²) in [5.41, 5.74) is 1.35. The van der Waals surface area contributed by atoms with Crippen LogP contribution in [0.3, 0.4) is 0 Å². The van der Waals surface area contributed by atoms with Crippen LogP contribution in [0.5, 0.6) is 0 Å². The van der Waals surface area contributed by atoms with Gasteiger partial charge in [-0.05, 0) is 47.5 Å². The van der Waals surface area contributed by atoms with E-state index in [-0.39, 0.29) is 18.1 Å². The smallest absolute Gasteiger partial charge is 0.352 e. The number of pyridine rings is 1. The number of carboxylic acid groups (broad SMARTS) is 1. The fraction of sp³-hybridized carbons (Fsp3) is 0.214. The van der Waals surface area contributed by atoms with Crippen LogP contribution in [0, 0.1) is 13.8 Å². The summed E-state index contributed by atoms with van der Waals surface area (Å²) in [5.74, 6) is -1.10. The molecule has 0 fully saturated rings. The summed E-state index contributed by atoms with van der Waals surface area (Å²) >= 11 is 9.07. The Labute approximate surface area is 140 Å². The lowest BCUT2D eigenvalue weighted by Gasteiger charge is -2.10. The Morgan fingerprint density at radius 2 is 2.09 bits per heavy atom. The van der Waals surface area contributed by atoms with E-state index < -0.39 is 5.97 Å². The second kappa shape index (κ2) is 6.50. The van der Waals surface area contributed by atoms with Gasteiger partial charge in [0.05, 0.1) is 5.02 Å². The van der Waals surface area contributed by atoms with Crippen LogP contribution in [-0.2, 0) is 11.3 Å². The SMILES string of the molecule is Cc1c(Br)c(C)n(CC(=O)Nc2ccc(Cl)cn2)c1C(=O)O. The summed E-state index contributed by atoms with van der Waals surface area (Å²) in [7, 11) is 0. The number of carbonyl (C=O) groups excluding carboxylic acids is 1. The lowest BCUT2D eigenvalue weighted by molar-refractivity contribution is -0.116. The van der Waals surface area contributed by atoms with Gasteiger partial charge in [0.15, 0.2) is 0 Å². The van der Waals surface area contributed by atoms with Gasteiger partial charge in [0, 0.05) is 16.4 Å². The first-order valence-corrected chi connectivity index (χ1v) is 7.48. The van der Waals surface area contributed by atoms with Crippen molar-refractivity contribution in [3.05, 3.63) is 44.8 Å². The third-order valence-corrected chi connectivity index (χ3v) is 4.57. The number of carboxylic acids is 1. The van der Waals surface area contributed by atoms with Gasteiger partial charge in [-0.1, -0.05) is 11.6 Å². The molecule has 0 saturated carbocycles. The van der Waals surface area contributed by atoms with E-state index in [0.717, 1.165) is 0 Å². The van der Waals surface area contributed by atoms with Gasteiger partial charge >= 0.3 is 5.97 Å². The summed E-state index contributed by atoms with van der Waals surface area (Å²) in [6.07, 6.45) is 1.42. The highest BCUT2D eigenvalue weighted by Gasteiger charge is 2.22. The van der Waals surface area contributed by atoms with Gasteiger partial charge < -0.3 is 15.0 Å². The highest BCUT2D eigenvalue weighted by atomic mass is 79.9. The van der Waals surface area contributed by atoms with E-state index in [1.807, 2.05) is 0 Å². The molecule has 0 aliphatic rings. The van der Waals surface area contributed by atoms with Crippen molar-refractivity contribution in [2.45, 2.75) is 20.4 Å². The fourth-order valence-electron chi connectivity index (χ4n) is 2.11. The lowest BCUT2D eigenvalue weighted by Crippen LogP contribution is -2.22. The molecule has 2 aromatic heterocycles. The molecule has 0 unspecified atom stereocenters. The Hall–Kier alpha value is -1.86. The number of aromatic carboxylic acids is 1. The van der Waals surface area contributed by atoms with Gasteiger partial charge in [0.25, 0.3) is 0 Å². The van der Waals surface area contributed by atoms with Crippen LogP contribution in [0.1, 0.15) is 21.7 Å². The average Bonchev–Trinajstić information content (AvgIpc) is 2.66. The molecule has 116 valence electrons. The average molecular weight is 387 g/mol. The highest BCUT2D eigenvalue weighted by Crippen LogP contribution is 2.27. The van der Waals surface area contributed by atoms with E-state index in [1.165, 1.54) is 10.8 Å². The van der Waals surface area contributed by atoms with Crippen LogP contribution in [-0.4, -0.2) is 26.5 Å². The molecule has 0 bridgehead atoms. The molecular weight excluding hydrogens is 374 g/mol. The predicted octanol–water partition coefficient (Wildman–Crippen LogP) is 3.25. The maximum absolute atomic E-state index is 12.1. The molecular formula is C14H13BrClN3O3. The Balaban J connectivity index is 2.23. The molecule has 0 aliphatic carbocycles. The van der Waals surface area contributed by atoms with Gasteiger partial charge in [-0.25, -0.2) is 9.78 Å². The number of amides is 1. The zero-order valence-corrected chi connectivity index (χ0v) is 14.2. The Morgan fingerprint density at radius 1 is 1.41 bits per heavy atom. The van der Waals surface area contributed by atoms with Crippen molar-refractivity contribution in [2.75, 3.05) is 5.32 Å². The normalized spacial score (nSPS) is 10.5. The summed E-state index contributed by atoms with van der Waals surface area (Å²) in [6.45, 7) is 3.32. The molecule has 0 atom stereocenters. The minimum Gasteiger partial charge on any atom is -0.477 e. The summed E-state index contributed by atoms with van der Waals surface area (Å²) in [4.78, 5) is 27.5. The van der Waals surface area contributed by atoms with Gasteiger partial charge in [-0.2, -0.15) is 0 Å². The van der Waals surface area contributed by atoms with E-state index >= 15 is 0 Å². The van der Waals surface area contributed by atoms with Gasteiger partial charge in [-0.3, -0.25) is 4.79 Å². The largest absolute Gasteiger partial charge is 0.477 e. The van der Waals surface area contributed by atoms with Crippen molar-refractivity contribution < 1.29 is 14.7 Å². The van der Waals surface area contributed by atoms with Gasteiger partial charge in [-0.15, -0.1) is 0 Å². The summed E-state index contributed by atoms with van der Waals surface area (Å²) < 4.78 is 2.13. The van der Waals surface area contributed by atoms with Crippen LogP contribution in [0.4, 0.5) is 5.82 Å². The lowest BCUT2D eigenvalue weighted by atomic mass is 10.2. The third kappa shape index (κ3) is 3.31. The van der Waals surface area contributed by atoms with E-state index in [4.69, 9.17) is 11.6 Å². The van der Waals surface area contributed by atoms with E-state index in [1.54, 1.807) is 26.0 Å². The second-order valence-electron chi connectivity index (χ2n) is 4.67. The molecule has 2 rings (SSSR count). The Kier molecular flexibility index (Phi) is 4.87. The first-order valence-electron chi connectivity index (χ1n) is 6.31. The number of nitrogens with zero attached hydrogens (tertiary/aromatic N) is 2. The molecule has 0 aliphatic heterocycles. The molecule has 0 saturated heterocycles. The molecule has 1 amide bonds. The number of rotatable bonds is 4. The first-order chi connectivity index (χ1) is 10.3. The Morgan fingerprint density at radius 3 is 2.64 bits per heavy atom. The summed E-state index contributed by atoms with van der Waals surface area (Å²) in [5, 5.41) is 12.4. The first kappa shape index (κ1) is 16.5. The number of aromatic nitrogens is 2. The van der Waals surface area contributed by atoms with Crippen molar-refractivity contribution in [2.24, 2.45) is 0 Å². The van der Waals surface area contributed by atoms with Crippen molar-refractivity contribution in [1.82, 2.24) is 9.55 Å². The van der Waals surface area contributed by atoms with Gasteiger partial charge in [0.2, 0.25) is 5.91 Å². The molecule has 0 spiro atoms. The zero-order valence-electron chi connectivity index (χ0n) is 11.9. The quantitative estimate of drug-likeness (QED) is 0.845. The standard InChI is InChI=1S/C14H13BrClN3O3/c1-7-12(15)8(2)19(13(7)14(21)22)6-11(20)18-10-4-3-9(16)5-17-10/h3-5H,6H2,1-2H3,(H,21,22)(H,17,18,20). The van der Waals surface area contributed by atoms with Crippen LogP contribution in [0.2, 0.25) is 5.02 Å². The number of anilines is 1. The zero-order chi connectivity index (χ0) is 16.4. The van der Waals surface area contributed by atoms with Crippen molar-refractivity contribution in [3.8, 4) is 0 Å². The van der Waals surface area contributed by atoms with Crippen LogP contribution >= 0.6 is 27.5 Å². The summed E-state index contributed by atoms with van der Waals surface area (Å²) in [6, 6.07) is 3.18. The van der Waals surface area contributed by atoms with Crippen molar-refractivity contribution in [1.29, 1.82) is 0 Å². The van der Waals surface area contributed by atoms with Gasteiger partial charge in [0.1, 0.15) is 18.1 Å². The maximum Gasteiger partial charge on any atom is 0.352 e. The molecule has 2 aromatic rings. The number of hydrogen-bond donors (Lipinski definition) is 2. The van der Waals surface area contributed by atoms with Crippen molar-refractivity contribution in [3.63, 3.8) is 0 Å². The highest BCUT2D eigenvalue weighted by molar-refractivity contribution is 9.10. The number of halogens is 2. The molecule has 6 nitrogen and oxygen atoms in total. The molecule has 0 aromatic carbocycles. The topological polar surface area (TPSA) is 84.2 Å². The second-order valence-corrected chi connectivity index (χ2v) is 5.90. The Bertz CT molecular complexity index is 741. The molecule has 2 N–H and O–H groups in total. The van der Waals surface area contributed by atoms with Crippen LogP contribution < -0.4 is 5.32 Å².